The summed E-state index contributed by atoms with van der Waals surface area (Å²) in [7, 11) is 5.59. The molecule has 0 aromatic rings. The molecule has 2 fully saturated rings. The molecule has 2 rings (SSSR count). The molecule has 6 atom stereocenters. The molecule has 0 aromatic carbocycles. The van der Waals surface area contributed by atoms with E-state index in [1.54, 1.807) is 0 Å². The van der Waals surface area contributed by atoms with E-state index in [4.69, 9.17) is 43.3 Å². The van der Waals surface area contributed by atoms with E-state index in [1.165, 1.54) is 0 Å². The Labute approximate surface area is 123 Å². The zero-order valence-electron chi connectivity index (χ0n) is 10.8. The summed E-state index contributed by atoms with van der Waals surface area (Å²) in [5.74, 6) is 0. The van der Waals surface area contributed by atoms with Gasteiger partial charge in [0.1, 0.15) is 20.1 Å². The number of aliphatic hydroxyl groups is 2. The average molecular weight is 324 g/mol. The largest absolute Gasteiger partial charge is 0.394 e. The third-order valence-corrected chi connectivity index (χ3v) is 4.84. The van der Waals surface area contributed by atoms with Crippen molar-refractivity contribution in [3.63, 3.8) is 0 Å². The standard InChI is InChI=1S/C10H18BO7PS/c11-10-3-7(8(4-12)17-10)18-19(14,20)16-5-9-6(13)1-2-15-9/h6-10,12-13H,1-5H2,(H,14,20)/t6?,7?,8-,9-,10-,19?/m1/s1. The molecule has 0 spiro atoms. The smallest absolute Gasteiger partial charge is 0.324 e. The van der Waals surface area contributed by atoms with Crippen LogP contribution in [0.15, 0.2) is 0 Å². The van der Waals surface area contributed by atoms with Crippen molar-refractivity contribution in [1.29, 1.82) is 0 Å². The number of rotatable bonds is 6. The van der Waals surface area contributed by atoms with Crippen molar-refractivity contribution in [3.8, 4) is 0 Å². The fourth-order valence-corrected chi connectivity index (χ4v) is 3.66. The molecule has 114 valence electrons. The highest BCUT2D eigenvalue weighted by Crippen LogP contribution is 2.47. The van der Waals surface area contributed by atoms with Gasteiger partial charge in [-0.15, -0.1) is 0 Å². The number of aliphatic hydroxyl groups excluding tert-OH is 2. The van der Waals surface area contributed by atoms with E-state index in [9.17, 15) is 10.00 Å². The normalized spacial score (nSPS) is 40.9. The van der Waals surface area contributed by atoms with E-state index >= 15 is 0 Å². The van der Waals surface area contributed by atoms with Crippen LogP contribution in [0.25, 0.3) is 0 Å². The van der Waals surface area contributed by atoms with Gasteiger partial charge in [-0.3, -0.25) is 0 Å². The van der Waals surface area contributed by atoms with Gasteiger partial charge in [0.15, 0.2) is 0 Å². The Kier molecular flexibility index (Phi) is 5.99. The first-order valence-corrected chi connectivity index (χ1v) is 8.97. The van der Waals surface area contributed by atoms with Gasteiger partial charge in [-0.1, -0.05) is 0 Å². The van der Waals surface area contributed by atoms with Crippen LogP contribution in [0.5, 0.6) is 0 Å². The first-order chi connectivity index (χ1) is 9.41. The van der Waals surface area contributed by atoms with Crippen molar-refractivity contribution in [3.05, 3.63) is 0 Å². The van der Waals surface area contributed by atoms with Gasteiger partial charge in [0.25, 0.3) is 0 Å². The van der Waals surface area contributed by atoms with Crippen molar-refractivity contribution in [2.24, 2.45) is 0 Å². The molecule has 2 aliphatic rings. The van der Waals surface area contributed by atoms with Crippen LogP contribution in [0.4, 0.5) is 0 Å². The lowest BCUT2D eigenvalue weighted by molar-refractivity contribution is -0.0138. The lowest BCUT2D eigenvalue weighted by atomic mass is 9.96. The summed E-state index contributed by atoms with van der Waals surface area (Å²) in [5.41, 5.74) is 0. The monoisotopic (exact) mass is 324 g/mol. The third-order valence-electron chi connectivity index (χ3n) is 3.25. The van der Waals surface area contributed by atoms with Gasteiger partial charge in [0.2, 0.25) is 0 Å². The van der Waals surface area contributed by atoms with Crippen molar-refractivity contribution >= 4 is 26.4 Å². The molecular weight excluding hydrogens is 306 g/mol. The van der Waals surface area contributed by atoms with Crippen molar-refractivity contribution in [2.75, 3.05) is 19.8 Å². The molecule has 7 nitrogen and oxygen atoms in total. The Hall–Kier alpha value is 0.435. The van der Waals surface area contributed by atoms with Gasteiger partial charge in [-0.25, -0.2) is 0 Å². The van der Waals surface area contributed by atoms with Crippen LogP contribution in [-0.2, 0) is 30.3 Å². The molecule has 0 bridgehead atoms. The highest BCUT2D eigenvalue weighted by Gasteiger charge is 2.37. The van der Waals surface area contributed by atoms with Crippen LogP contribution < -0.4 is 0 Å². The molecule has 10 heteroatoms. The summed E-state index contributed by atoms with van der Waals surface area (Å²) < 4.78 is 20.9. The summed E-state index contributed by atoms with van der Waals surface area (Å²) in [6.45, 7) is -3.38. The minimum absolute atomic E-state index is 0.0433. The summed E-state index contributed by atoms with van der Waals surface area (Å²) in [5, 5.41) is 18.7. The minimum atomic E-state index is -3.50. The second-order valence-electron chi connectivity index (χ2n) is 4.80. The Morgan fingerprint density at radius 3 is 2.75 bits per heavy atom. The molecule has 2 saturated heterocycles. The van der Waals surface area contributed by atoms with Crippen LogP contribution in [0.1, 0.15) is 12.8 Å². The predicted molar refractivity (Wildman–Crippen MR) is 73.8 cm³/mol. The third kappa shape index (κ3) is 4.46. The molecule has 20 heavy (non-hydrogen) atoms. The molecule has 0 amide bonds. The van der Waals surface area contributed by atoms with Crippen LogP contribution >= 0.6 is 6.72 Å². The SMILES string of the molecule is [B][C@H]1CC(OP(O)(=S)OC[C@H]2OCCC2O)[C@@H](CO)O1. The molecule has 3 N–H and O–H groups in total. The van der Waals surface area contributed by atoms with Gasteiger partial charge in [0, 0.05) is 12.6 Å². The van der Waals surface area contributed by atoms with Gasteiger partial charge < -0.3 is 33.6 Å². The molecule has 0 aliphatic carbocycles. The lowest BCUT2D eigenvalue weighted by Crippen LogP contribution is -2.29. The zero-order chi connectivity index (χ0) is 14.8. The Balaban J connectivity index is 1.82. The highest BCUT2D eigenvalue weighted by molar-refractivity contribution is 8.07. The summed E-state index contributed by atoms with van der Waals surface area (Å²) in [6.07, 6.45) is -1.53. The van der Waals surface area contributed by atoms with Crippen LogP contribution in [0, 0.1) is 0 Å². The van der Waals surface area contributed by atoms with Crippen molar-refractivity contribution in [1.82, 2.24) is 0 Å². The predicted octanol–water partition coefficient (Wildman–Crippen LogP) is -0.969. The molecule has 2 aliphatic heterocycles. The maximum absolute atomic E-state index is 9.99. The van der Waals surface area contributed by atoms with Gasteiger partial charge in [-0.2, -0.15) is 0 Å². The van der Waals surface area contributed by atoms with E-state index in [0.29, 0.717) is 19.4 Å². The second-order valence-corrected chi connectivity index (χ2v) is 7.60. The number of ether oxygens (including phenoxy) is 2. The summed E-state index contributed by atoms with van der Waals surface area (Å²) in [6, 6.07) is -0.563. The summed E-state index contributed by atoms with van der Waals surface area (Å²) in [4.78, 5) is 9.99. The fourth-order valence-electron chi connectivity index (χ4n) is 2.19. The Bertz CT molecular complexity index is 374. The lowest BCUT2D eigenvalue weighted by Gasteiger charge is -2.24. The molecule has 0 saturated carbocycles. The molecular formula is C10H18BO7PS. The van der Waals surface area contributed by atoms with Crippen LogP contribution in [0.2, 0.25) is 0 Å². The molecule has 3 unspecified atom stereocenters. The van der Waals surface area contributed by atoms with Crippen molar-refractivity contribution in [2.45, 2.75) is 43.3 Å². The maximum atomic E-state index is 9.99. The minimum Gasteiger partial charge on any atom is -0.394 e. The molecule has 2 radical (unpaired) electrons. The van der Waals surface area contributed by atoms with Crippen LogP contribution in [-0.4, -0.2) is 73.2 Å². The first-order valence-electron chi connectivity index (χ1n) is 6.38. The van der Waals surface area contributed by atoms with E-state index in [2.05, 4.69) is 0 Å². The highest BCUT2D eigenvalue weighted by atomic mass is 32.5. The van der Waals surface area contributed by atoms with Gasteiger partial charge in [0.05, 0.1) is 25.4 Å². The second kappa shape index (κ2) is 7.13. The Morgan fingerprint density at radius 2 is 2.15 bits per heavy atom. The molecule has 0 aromatic heterocycles. The van der Waals surface area contributed by atoms with Crippen molar-refractivity contribution < 1.29 is 33.6 Å². The van der Waals surface area contributed by atoms with Gasteiger partial charge >= 0.3 is 6.72 Å². The van der Waals surface area contributed by atoms with E-state index in [-0.39, 0.29) is 13.2 Å². The quantitative estimate of drug-likeness (QED) is 0.424. The van der Waals surface area contributed by atoms with E-state index < -0.39 is 37.1 Å². The van der Waals surface area contributed by atoms with E-state index in [0.717, 1.165) is 0 Å². The maximum Gasteiger partial charge on any atom is 0.324 e. The topological polar surface area (TPSA) is 97.6 Å². The first kappa shape index (κ1) is 16.8. The van der Waals surface area contributed by atoms with E-state index in [1.807, 2.05) is 0 Å². The average Bonchev–Trinajstić information content (AvgIpc) is 2.92. The zero-order valence-corrected chi connectivity index (χ0v) is 12.5. The number of hydrogen-bond donors (Lipinski definition) is 3. The van der Waals surface area contributed by atoms with Crippen LogP contribution in [0.3, 0.4) is 0 Å². The Morgan fingerprint density at radius 1 is 1.40 bits per heavy atom. The summed E-state index contributed by atoms with van der Waals surface area (Å²) >= 11 is 4.90. The molecule has 2 heterocycles. The fraction of sp³-hybridized carbons (Fsp3) is 1.00. The van der Waals surface area contributed by atoms with Gasteiger partial charge in [-0.05, 0) is 24.6 Å². The number of hydrogen-bond acceptors (Lipinski definition) is 7.